The van der Waals surface area contributed by atoms with Crippen molar-refractivity contribution in [3.05, 3.63) is 12.2 Å². The van der Waals surface area contributed by atoms with Gasteiger partial charge in [-0.15, -0.1) is 0 Å². The monoisotopic (exact) mass is 269 g/mol. The van der Waals surface area contributed by atoms with Crippen molar-refractivity contribution in [2.45, 2.75) is 45.8 Å². The largest absolute Gasteiger partial charge is 0.379 e. The summed E-state index contributed by atoms with van der Waals surface area (Å²) < 4.78 is 11.2. The van der Waals surface area contributed by atoms with E-state index in [0.29, 0.717) is 19.8 Å². The summed E-state index contributed by atoms with van der Waals surface area (Å²) >= 11 is 0. The average molecular weight is 269 g/mol. The summed E-state index contributed by atoms with van der Waals surface area (Å²) in [6.45, 7) is 9.20. The fourth-order valence-electron chi connectivity index (χ4n) is 1.68. The van der Waals surface area contributed by atoms with Crippen molar-refractivity contribution in [1.29, 1.82) is 0 Å². The Hall–Kier alpha value is -1.20. The number of hydrogen-bond acceptors (Lipinski definition) is 4. The molecule has 0 spiro atoms. The summed E-state index contributed by atoms with van der Waals surface area (Å²) in [4.78, 5) is 23.8. The van der Waals surface area contributed by atoms with E-state index in [1.54, 1.807) is 0 Å². The average Bonchev–Trinajstić information content (AvgIpc) is 2.59. The third kappa shape index (κ3) is 5.53. The maximum Gasteiger partial charge on any atom is 0.253 e. The van der Waals surface area contributed by atoms with E-state index >= 15 is 0 Å². The fraction of sp³-hybridized carbons (Fsp3) is 0.714. The Morgan fingerprint density at radius 3 is 2.26 bits per heavy atom. The third-order valence-electron chi connectivity index (χ3n) is 2.86. The lowest BCUT2D eigenvalue weighted by Crippen LogP contribution is -2.36. The van der Waals surface area contributed by atoms with Gasteiger partial charge in [0.25, 0.3) is 11.8 Å². The molecular formula is C14H23NO4. The number of carbonyl (C=O) groups excluding carboxylic acids is 2. The molecule has 0 aromatic carbocycles. The minimum atomic E-state index is -0.325. The normalized spacial score (nSPS) is 15.9. The van der Waals surface area contributed by atoms with Crippen LogP contribution in [0.3, 0.4) is 0 Å². The molecule has 5 nitrogen and oxygen atoms in total. The highest BCUT2D eigenvalue weighted by atomic mass is 16.5. The number of rotatable bonds is 8. The molecule has 0 atom stereocenters. The lowest BCUT2D eigenvalue weighted by Gasteiger charge is -2.26. The van der Waals surface area contributed by atoms with Gasteiger partial charge in [0.15, 0.2) is 0 Å². The van der Waals surface area contributed by atoms with Crippen LogP contribution in [0.5, 0.6) is 0 Å². The van der Waals surface area contributed by atoms with Crippen LogP contribution >= 0.6 is 0 Å². The molecule has 0 saturated carbocycles. The molecule has 0 unspecified atom stereocenters. The van der Waals surface area contributed by atoms with E-state index in [2.05, 4.69) is 0 Å². The van der Waals surface area contributed by atoms with E-state index in [0.717, 1.165) is 6.42 Å². The second-order valence-electron chi connectivity index (χ2n) is 5.44. The standard InChI is InChI=1S/C14H23NO4/c1-11(2)18-9-7-14(3,4)19-10-8-15-12(16)5-6-13(15)17/h5-6,11H,7-10H2,1-4H3. The predicted octanol–water partition coefficient (Wildman–Crippen LogP) is 1.52. The van der Waals surface area contributed by atoms with Gasteiger partial charge in [0.05, 0.1) is 24.9 Å². The lowest BCUT2D eigenvalue weighted by molar-refractivity contribution is -0.139. The van der Waals surface area contributed by atoms with E-state index in [4.69, 9.17) is 9.47 Å². The van der Waals surface area contributed by atoms with E-state index in [9.17, 15) is 9.59 Å². The Kier molecular flexibility index (Phi) is 5.69. The molecule has 0 aliphatic carbocycles. The number of imide groups is 1. The van der Waals surface area contributed by atoms with Crippen molar-refractivity contribution >= 4 is 11.8 Å². The zero-order chi connectivity index (χ0) is 14.5. The third-order valence-corrected chi connectivity index (χ3v) is 2.86. The van der Waals surface area contributed by atoms with Gasteiger partial charge in [0.2, 0.25) is 0 Å². The van der Waals surface area contributed by atoms with Gasteiger partial charge in [-0.2, -0.15) is 0 Å². The molecule has 0 bridgehead atoms. The summed E-state index contributed by atoms with van der Waals surface area (Å²) in [5.74, 6) is -0.538. The molecule has 2 amide bonds. The van der Waals surface area contributed by atoms with E-state index in [-0.39, 0.29) is 23.5 Å². The second kappa shape index (κ2) is 6.82. The van der Waals surface area contributed by atoms with Gasteiger partial charge in [-0.05, 0) is 34.1 Å². The van der Waals surface area contributed by atoms with Gasteiger partial charge >= 0.3 is 0 Å². The first-order valence-corrected chi connectivity index (χ1v) is 6.61. The first kappa shape index (κ1) is 15.9. The fourth-order valence-corrected chi connectivity index (χ4v) is 1.68. The van der Waals surface area contributed by atoms with Crippen LogP contribution in [-0.4, -0.2) is 48.2 Å². The Morgan fingerprint density at radius 2 is 1.74 bits per heavy atom. The predicted molar refractivity (Wildman–Crippen MR) is 71.6 cm³/mol. The molecule has 5 heteroatoms. The van der Waals surface area contributed by atoms with E-state index in [1.165, 1.54) is 17.1 Å². The van der Waals surface area contributed by atoms with Crippen LogP contribution in [0.2, 0.25) is 0 Å². The molecule has 0 aromatic heterocycles. The molecule has 0 saturated heterocycles. The quantitative estimate of drug-likeness (QED) is 0.627. The van der Waals surface area contributed by atoms with Crippen LogP contribution in [0.15, 0.2) is 12.2 Å². The molecule has 1 heterocycles. The molecule has 19 heavy (non-hydrogen) atoms. The minimum absolute atomic E-state index is 0.210. The molecule has 0 radical (unpaired) electrons. The summed E-state index contributed by atoms with van der Waals surface area (Å²) in [5, 5.41) is 0. The molecule has 0 N–H and O–H groups in total. The number of amides is 2. The minimum Gasteiger partial charge on any atom is -0.379 e. The Balaban J connectivity index is 2.24. The van der Waals surface area contributed by atoms with Crippen LogP contribution in [0.25, 0.3) is 0 Å². The molecule has 1 rings (SSSR count). The number of hydrogen-bond donors (Lipinski definition) is 0. The van der Waals surface area contributed by atoms with Crippen molar-refractivity contribution < 1.29 is 19.1 Å². The molecule has 1 aliphatic heterocycles. The van der Waals surface area contributed by atoms with Gasteiger partial charge in [-0.1, -0.05) is 0 Å². The summed E-state index contributed by atoms with van der Waals surface area (Å²) in [7, 11) is 0. The summed E-state index contributed by atoms with van der Waals surface area (Å²) in [6.07, 6.45) is 3.54. The van der Waals surface area contributed by atoms with Gasteiger partial charge < -0.3 is 9.47 Å². The van der Waals surface area contributed by atoms with Gasteiger partial charge in [0.1, 0.15) is 0 Å². The van der Waals surface area contributed by atoms with Crippen LogP contribution in [0, 0.1) is 0 Å². The van der Waals surface area contributed by atoms with Gasteiger partial charge in [-0.25, -0.2) is 0 Å². The van der Waals surface area contributed by atoms with Crippen LogP contribution in [-0.2, 0) is 19.1 Å². The van der Waals surface area contributed by atoms with Gasteiger partial charge in [0, 0.05) is 18.8 Å². The first-order valence-electron chi connectivity index (χ1n) is 6.61. The van der Waals surface area contributed by atoms with Gasteiger partial charge in [-0.3, -0.25) is 14.5 Å². The number of carbonyl (C=O) groups is 2. The highest BCUT2D eigenvalue weighted by Gasteiger charge is 2.24. The first-order chi connectivity index (χ1) is 8.82. The number of ether oxygens (including phenoxy) is 2. The van der Waals surface area contributed by atoms with Crippen LogP contribution < -0.4 is 0 Å². The molecule has 0 fully saturated rings. The van der Waals surface area contributed by atoms with Crippen molar-refractivity contribution in [2.75, 3.05) is 19.8 Å². The van der Waals surface area contributed by atoms with Crippen molar-refractivity contribution in [2.24, 2.45) is 0 Å². The molecule has 108 valence electrons. The zero-order valence-corrected chi connectivity index (χ0v) is 12.1. The highest BCUT2D eigenvalue weighted by molar-refractivity contribution is 6.12. The van der Waals surface area contributed by atoms with Crippen LogP contribution in [0.4, 0.5) is 0 Å². The van der Waals surface area contributed by atoms with Crippen molar-refractivity contribution in [3.8, 4) is 0 Å². The topological polar surface area (TPSA) is 55.8 Å². The Labute approximate surface area is 114 Å². The second-order valence-corrected chi connectivity index (χ2v) is 5.44. The molecule has 0 aromatic rings. The number of nitrogens with zero attached hydrogens (tertiary/aromatic N) is 1. The maximum absolute atomic E-state index is 11.3. The molecular weight excluding hydrogens is 246 g/mol. The van der Waals surface area contributed by atoms with Crippen molar-refractivity contribution in [3.63, 3.8) is 0 Å². The van der Waals surface area contributed by atoms with Crippen molar-refractivity contribution in [1.82, 2.24) is 4.90 Å². The lowest BCUT2D eigenvalue weighted by atomic mass is 10.1. The van der Waals surface area contributed by atoms with E-state index < -0.39 is 0 Å². The Bertz CT molecular complexity index is 342. The molecule has 1 aliphatic rings. The summed E-state index contributed by atoms with van der Waals surface area (Å²) in [5.41, 5.74) is -0.325. The SMILES string of the molecule is CC(C)OCCC(C)(C)OCCN1C(=O)C=CC1=O. The Morgan fingerprint density at radius 1 is 1.16 bits per heavy atom. The summed E-state index contributed by atoms with van der Waals surface area (Å²) in [6, 6.07) is 0. The van der Waals surface area contributed by atoms with E-state index in [1.807, 2.05) is 27.7 Å². The van der Waals surface area contributed by atoms with Crippen LogP contribution in [0.1, 0.15) is 34.1 Å². The zero-order valence-electron chi connectivity index (χ0n) is 12.1. The smallest absolute Gasteiger partial charge is 0.253 e. The maximum atomic E-state index is 11.3. The highest BCUT2D eigenvalue weighted by Crippen LogP contribution is 2.15.